The van der Waals surface area contributed by atoms with E-state index in [-0.39, 0.29) is 0 Å². The number of fused-ring (bicyclic) bond motifs is 3. The van der Waals surface area contributed by atoms with Gasteiger partial charge in [0.15, 0.2) is 0 Å². The van der Waals surface area contributed by atoms with Crippen LogP contribution in [0.5, 0.6) is 0 Å². The van der Waals surface area contributed by atoms with Crippen LogP contribution in [-0.2, 0) is 0 Å². The summed E-state index contributed by atoms with van der Waals surface area (Å²) in [5.74, 6) is 0.616. The number of hydrogen-bond acceptors (Lipinski definition) is 0. The van der Waals surface area contributed by atoms with Crippen LogP contribution >= 0.6 is 0 Å². The van der Waals surface area contributed by atoms with Crippen LogP contribution in [0.4, 0.5) is 0 Å². The summed E-state index contributed by atoms with van der Waals surface area (Å²) in [6, 6.07) is 13.9. The Hall–Kier alpha value is -1.56. The molecule has 1 aliphatic rings. The first-order valence-corrected chi connectivity index (χ1v) is 7.42. The Morgan fingerprint density at radius 3 is 1.84 bits per heavy atom. The van der Waals surface area contributed by atoms with Gasteiger partial charge in [-0.1, -0.05) is 67.3 Å². The smallest absolute Gasteiger partial charge is 0.0102 e. The average molecular weight is 250 g/mol. The lowest BCUT2D eigenvalue weighted by Crippen LogP contribution is -1.97. The third-order valence-corrected chi connectivity index (χ3v) is 4.30. The van der Waals surface area contributed by atoms with Gasteiger partial charge in [-0.2, -0.15) is 0 Å². The van der Waals surface area contributed by atoms with Crippen molar-refractivity contribution >= 4 is 0 Å². The predicted octanol–water partition coefficient (Wildman–Crippen LogP) is 5.61. The van der Waals surface area contributed by atoms with Gasteiger partial charge in [-0.05, 0) is 42.5 Å². The second-order valence-corrected chi connectivity index (χ2v) is 5.88. The number of benzene rings is 2. The van der Waals surface area contributed by atoms with Crippen molar-refractivity contribution in [3.05, 3.63) is 58.7 Å². The van der Waals surface area contributed by atoms with Gasteiger partial charge in [0.05, 0.1) is 0 Å². The Bertz CT molecular complexity index is 556. The first-order valence-electron chi connectivity index (χ1n) is 7.42. The molecule has 0 amide bonds. The summed E-state index contributed by atoms with van der Waals surface area (Å²) < 4.78 is 0. The fourth-order valence-corrected chi connectivity index (χ4v) is 3.32. The Labute approximate surface area is 116 Å². The lowest BCUT2D eigenvalue weighted by atomic mass is 9.90. The van der Waals surface area contributed by atoms with Gasteiger partial charge >= 0.3 is 0 Å². The third kappa shape index (κ3) is 2.10. The standard InChI is InChI=1S/C19H22/c1-4-5-6-15-18-11-13(2)7-9-16(18)17-10-8-14(3)12-19(15)17/h7-12,15H,4-6H2,1-3H3. The van der Waals surface area contributed by atoms with Gasteiger partial charge in [-0.15, -0.1) is 0 Å². The van der Waals surface area contributed by atoms with Gasteiger partial charge in [-0.3, -0.25) is 0 Å². The largest absolute Gasteiger partial charge is 0.0654 e. The van der Waals surface area contributed by atoms with Gasteiger partial charge in [0.2, 0.25) is 0 Å². The van der Waals surface area contributed by atoms with E-state index < -0.39 is 0 Å². The van der Waals surface area contributed by atoms with E-state index in [4.69, 9.17) is 0 Å². The van der Waals surface area contributed by atoms with Crippen LogP contribution in [0, 0.1) is 13.8 Å². The molecule has 2 aromatic carbocycles. The summed E-state index contributed by atoms with van der Waals surface area (Å²) in [4.78, 5) is 0. The van der Waals surface area contributed by atoms with Gasteiger partial charge in [0.1, 0.15) is 0 Å². The SMILES string of the molecule is CCCCC1c2cc(C)ccc2-c2ccc(C)cc21. The van der Waals surface area contributed by atoms with Crippen LogP contribution in [0.1, 0.15) is 54.4 Å². The quantitative estimate of drug-likeness (QED) is 0.664. The third-order valence-electron chi connectivity index (χ3n) is 4.30. The Kier molecular flexibility index (Phi) is 3.18. The minimum Gasteiger partial charge on any atom is -0.0654 e. The fourth-order valence-electron chi connectivity index (χ4n) is 3.32. The van der Waals surface area contributed by atoms with Crippen molar-refractivity contribution in [2.75, 3.05) is 0 Å². The van der Waals surface area contributed by atoms with Crippen molar-refractivity contribution in [1.82, 2.24) is 0 Å². The van der Waals surface area contributed by atoms with Crippen molar-refractivity contribution < 1.29 is 0 Å². The van der Waals surface area contributed by atoms with E-state index >= 15 is 0 Å². The molecule has 0 atom stereocenters. The molecule has 0 unspecified atom stereocenters. The monoisotopic (exact) mass is 250 g/mol. The fraction of sp³-hybridized carbons (Fsp3) is 0.368. The van der Waals surface area contributed by atoms with Crippen LogP contribution in [-0.4, -0.2) is 0 Å². The second kappa shape index (κ2) is 4.85. The maximum Gasteiger partial charge on any atom is 0.0102 e. The molecule has 0 saturated carbocycles. The topological polar surface area (TPSA) is 0 Å². The first-order chi connectivity index (χ1) is 9.20. The molecule has 1 aliphatic carbocycles. The summed E-state index contributed by atoms with van der Waals surface area (Å²) >= 11 is 0. The molecule has 0 fully saturated rings. The van der Waals surface area contributed by atoms with Gasteiger partial charge in [0, 0.05) is 5.92 Å². The minimum atomic E-state index is 0.616. The molecule has 0 spiro atoms. The first kappa shape index (κ1) is 12.5. The van der Waals surface area contributed by atoms with Gasteiger partial charge in [0.25, 0.3) is 0 Å². The Morgan fingerprint density at radius 2 is 1.37 bits per heavy atom. The molecule has 0 heterocycles. The molecule has 0 aromatic heterocycles. The molecule has 0 radical (unpaired) electrons. The normalized spacial score (nSPS) is 13.4. The van der Waals surface area contributed by atoms with Crippen molar-refractivity contribution in [2.45, 2.75) is 46.0 Å². The molecular formula is C19H22. The number of unbranched alkanes of at least 4 members (excludes halogenated alkanes) is 1. The number of rotatable bonds is 3. The number of aryl methyl sites for hydroxylation is 2. The molecule has 3 rings (SSSR count). The summed E-state index contributed by atoms with van der Waals surface area (Å²) in [5.41, 5.74) is 8.78. The highest BCUT2D eigenvalue weighted by molar-refractivity contribution is 5.79. The molecule has 0 saturated heterocycles. The Balaban J connectivity index is 2.14. The molecule has 0 N–H and O–H groups in total. The molecule has 0 heteroatoms. The van der Waals surface area contributed by atoms with E-state index in [9.17, 15) is 0 Å². The molecule has 98 valence electrons. The van der Waals surface area contributed by atoms with Gasteiger partial charge in [-0.25, -0.2) is 0 Å². The van der Waals surface area contributed by atoms with Crippen molar-refractivity contribution in [2.24, 2.45) is 0 Å². The molecule has 0 aliphatic heterocycles. The van der Waals surface area contributed by atoms with Crippen molar-refractivity contribution in [1.29, 1.82) is 0 Å². The summed E-state index contributed by atoms with van der Waals surface area (Å²) in [6.07, 6.45) is 3.87. The van der Waals surface area contributed by atoms with Crippen LogP contribution < -0.4 is 0 Å². The highest BCUT2D eigenvalue weighted by Gasteiger charge is 2.27. The van der Waals surface area contributed by atoms with Crippen LogP contribution in [0.15, 0.2) is 36.4 Å². The number of hydrogen-bond donors (Lipinski definition) is 0. The predicted molar refractivity (Wildman–Crippen MR) is 82.7 cm³/mol. The van der Waals surface area contributed by atoms with E-state index in [1.807, 2.05) is 0 Å². The lowest BCUT2D eigenvalue weighted by molar-refractivity contribution is 0.659. The zero-order valence-corrected chi connectivity index (χ0v) is 12.2. The lowest BCUT2D eigenvalue weighted by Gasteiger charge is -2.13. The molecular weight excluding hydrogens is 228 g/mol. The molecule has 19 heavy (non-hydrogen) atoms. The van der Waals surface area contributed by atoms with Gasteiger partial charge < -0.3 is 0 Å². The van der Waals surface area contributed by atoms with E-state index in [0.717, 1.165) is 0 Å². The van der Waals surface area contributed by atoms with E-state index in [0.29, 0.717) is 5.92 Å². The van der Waals surface area contributed by atoms with E-state index in [1.54, 1.807) is 11.1 Å². The van der Waals surface area contributed by atoms with Crippen LogP contribution in [0.3, 0.4) is 0 Å². The molecule has 0 bridgehead atoms. The highest BCUT2D eigenvalue weighted by atomic mass is 14.3. The summed E-state index contributed by atoms with van der Waals surface area (Å²) in [7, 11) is 0. The second-order valence-electron chi connectivity index (χ2n) is 5.88. The zero-order chi connectivity index (χ0) is 13.4. The van der Waals surface area contributed by atoms with Crippen LogP contribution in [0.25, 0.3) is 11.1 Å². The van der Waals surface area contributed by atoms with Crippen molar-refractivity contribution in [3.8, 4) is 11.1 Å². The van der Waals surface area contributed by atoms with Crippen molar-refractivity contribution in [3.63, 3.8) is 0 Å². The Morgan fingerprint density at radius 1 is 0.842 bits per heavy atom. The molecule has 0 nitrogen and oxygen atoms in total. The van der Waals surface area contributed by atoms with E-state index in [2.05, 4.69) is 57.2 Å². The summed E-state index contributed by atoms with van der Waals surface area (Å²) in [5, 5.41) is 0. The van der Waals surface area contributed by atoms with Crippen LogP contribution in [0.2, 0.25) is 0 Å². The molecule has 2 aromatic rings. The maximum atomic E-state index is 2.39. The minimum absolute atomic E-state index is 0.616. The average Bonchev–Trinajstić information content (AvgIpc) is 2.68. The van der Waals surface area contributed by atoms with E-state index in [1.165, 1.54) is 41.5 Å². The highest BCUT2D eigenvalue weighted by Crippen LogP contribution is 2.47. The summed E-state index contributed by atoms with van der Waals surface area (Å²) in [6.45, 7) is 6.68. The maximum absolute atomic E-state index is 2.39. The zero-order valence-electron chi connectivity index (χ0n) is 12.2.